The highest BCUT2D eigenvalue weighted by Gasteiger charge is 2.16. The van der Waals surface area contributed by atoms with Crippen LogP contribution < -0.4 is 0 Å². The van der Waals surface area contributed by atoms with Gasteiger partial charge in [0.15, 0.2) is 0 Å². The molecule has 22 heavy (non-hydrogen) atoms. The van der Waals surface area contributed by atoms with Crippen LogP contribution in [0.3, 0.4) is 0 Å². The van der Waals surface area contributed by atoms with Crippen LogP contribution in [0.1, 0.15) is 70.3 Å². The lowest BCUT2D eigenvalue weighted by molar-refractivity contribution is -0.147. The molecule has 126 valence electrons. The molecule has 1 aromatic rings. The van der Waals surface area contributed by atoms with Crippen LogP contribution in [0, 0.1) is 0 Å². The second-order valence-corrected chi connectivity index (χ2v) is 6.78. The topological polar surface area (TPSA) is 29.5 Å². The van der Waals surface area contributed by atoms with Gasteiger partial charge in [0.25, 0.3) is 0 Å². The number of hydrogen-bond donors (Lipinski definition) is 0. The Morgan fingerprint density at radius 3 is 2.32 bits per heavy atom. The highest BCUT2D eigenvalue weighted by atomic mass is 32.1. The van der Waals surface area contributed by atoms with E-state index in [2.05, 4.69) is 24.8 Å². The van der Waals surface area contributed by atoms with E-state index in [0.717, 1.165) is 24.3 Å². The lowest BCUT2D eigenvalue weighted by Crippen LogP contribution is -2.27. The Morgan fingerprint density at radius 1 is 1.18 bits per heavy atom. The number of nitrogens with zero attached hydrogens (tertiary/aromatic N) is 1. The molecule has 0 aliphatic carbocycles. The first-order valence-corrected chi connectivity index (χ1v) is 9.48. The van der Waals surface area contributed by atoms with Crippen LogP contribution in [0.5, 0.6) is 0 Å². The lowest BCUT2D eigenvalue weighted by Gasteiger charge is -2.23. The molecule has 0 radical (unpaired) electrons. The van der Waals surface area contributed by atoms with Gasteiger partial charge in [-0.1, -0.05) is 32.8 Å². The molecule has 1 aromatic heterocycles. The summed E-state index contributed by atoms with van der Waals surface area (Å²) < 4.78 is 5.49. The van der Waals surface area contributed by atoms with Crippen molar-refractivity contribution in [2.45, 2.75) is 65.4 Å². The van der Waals surface area contributed by atoms with Gasteiger partial charge in [0, 0.05) is 11.8 Å². The third-order valence-corrected chi connectivity index (χ3v) is 4.73. The maximum atomic E-state index is 11.3. The highest BCUT2D eigenvalue weighted by Crippen LogP contribution is 2.27. The van der Waals surface area contributed by atoms with E-state index in [4.69, 9.17) is 4.74 Å². The van der Waals surface area contributed by atoms with Gasteiger partial charge in [-0.2, -0.15) is 0 Å². The zero-order valence-corrected chi connectivity index (χ0v) is 15.2. The van der Waals surface area contributed by atoms with E-state index in [1.165, 1.54) is 45.7 Å². The summed E-state index contributed by atoms with van der Waals surface area (Å²) in [4.78, 5) is 15.0. The average Bonchev–Trinajstić information content (AvgIpc) is 3.02. The van der Waals surface area contributed by atoms with Gasteiger partial charge in [-0.25, -0.2) is 0 Å². The largest absolute Gasteiger partial charge is 0.457 e. The maximum Gasteiger partial charge on any atom is 0.303 e. The molecule has 0 aromatic carbocycles. The van der Waals surface area contributed by atoms with Crippen molar-refractivity contribution in [3.05, 3.63) is 22.4 Å². The minimum absolute atomic E-state index is 0.0725. The lowest BCUT2D eigenvalue weighted by atomic mass is 10.1. The Labute approximate surface area is 139 Å². The van der Waals surface area contributed by atoms with Crippen molar-refractivity contribution in [1.82, 2.24) is 4.90 Å². The van der Waals surface area contributed by atoms with Gasteiger partial charge in [0.1, 0.15) is 6.10 Å². The molecule has 1 atom stereocenters. The number of carbonyl (C=O) groups excluding carboxylic acids is 1. The van der Waals surface area contributed by atoms with Crippen LogP contribution >= 0.6 is 11.3 Å². The molecule has 0 N–H and O–H groups in total. The summed E-state index contributed by atoms with van der Waals surface area (Å²) in [6.07, 6.45) is 6.93. The number of ether oxygens (including phenoxy) is 1. The number of rotatable bonds is 12. The Kier molecular flexibility index (Phi) is 10.2. The SMILES string of the molecule is CCCCN(CCCC)CCCC(OC(C)=O)c1cccs1. The summed E-state index contributed by atoms with van der Waals surface area (Å²) in [6, 6.07) is 4.08. The van der Waals surface area contributed by atoms with Crippen LogP contribution in [-0.4, -0.2) is 30.5 Å². The Balaban J connectivity index is 2.43. The summed E-state index contributed by atoms with van der Waals surface area (Å²) in [7, 11) is 0. The fourth-order valence-electron chi connectivity index (χ4n) is 2.53. The van der Waals surface area contributed by atoms with Crippen molar-refractivity contribution in [2.75, 3.05) is 19.6 Å². The van der Waals surface area contributed by atoms with Crippen molar-refractivity contribution in [1.29, 1.82) is 0 Å². The van der Waals surface area contributed by atoms with Gasteiger partial charge in [-0.15, -0.1) is 11.3 Å². The molecule has 0 spiro atoms. The predicted octanol–water partition coefficient (Wildman–Crippen LogP) is 5.03. The molecular weight excluding hydrogens is 294 g/mol. The first kappa shape index (κ1) is 19.2. The number of unbranched alkanes of at least 4 members (excludes halogenated alkanes) is 2. The first-order valence-electron chi connectivity index (χ1n) is 8.60. The fraction of sp³-hybridized carbons (Fsp3) is 0.722. The molecule has 0 bridgehead atoms. The van der Waals surface area contributed by atoms with Crippen molar-refractivity contribution in [3.8, 4) is 0 Å². The van der Waals surface area contributed by atoms with Gasteiger partial charge in [-0.05, 0) is 56.8 Å². The van der Waals surface area contributed by atoms with Gasteiger partial charge in [0.2, 0.25) is 0 Å². The van der Waals surface area contributed by atoms with E-state index >= 15 is 0 Å². The van der Waals surface area contributed by atoms with Gasteiger partial charge in [0.05, 0.1) is 0 Å². The monoisotopic (exact) mass is 325 g/mol. The van der Waals surface area contributed by atoms with Crippen LogP contribution in [0.4, 0.5) is 0 Å². The fourth-order valence-corrected chi connectivity index (χ4v) is 3.32. The minimum Gasteiger partial charge on any atom is -0.457 e. The quantitative estimate of drug-likeness (QED) is 0.505. The number of thiophene rings is 1. The van der Waals surface area contributed by atoms with Crippen molar-refractivity contribution in [3.63, 3.8) is 0 Å². The molecule has 0 aliphatic rings. The summed E-state index contributed by atoms with van der Waals surface area (Å²) in [5, 5.41) is 2.04. The summed E-state index contributed by atoms with van der Waals surface area (Å²) >= 11 is 1.67. The highest BCUT2D eigenvalue weighted by molar-refractivity contribution is 7.10. The minimum atomic E-state index is -0.188. The molecule has 4 heteroatoms. The summed E-state index contributed by atoms with van der Waals surface area (Å²) in [6.45, 7) is 9.46. The smallest absolute Gasteiger partial charge is 0.303 e. The van der Waals surface area contributed by atoms with Crippen molar-refractivity contribution >= 4 is 17.3 Å². The predicted molar refractivity (Wildman–Crippen MR) is 94.3 cm³/mol. The van der Waals surface area contributed by atoms with Crippen molar-refractivity contribution in [2.24, 2.45) is 0 Å². The molecule has 3 nitrogen and oxygen atoms in total. The Morgan fingerprint density at radius 2 is 1.82 bits per heavy atom. The van der Waals surface area contributed by atoms with Gasteiger partial charge < -0.3 is 9.64 Å². The first-order chi connectivity index (χ1) is 10.7. The molecule has 1 heterocycles. The van der Waals surface area contributed by atoms with Gasteiger partial charge >= 0.3 is 5.97 Å². The third kappa shape index (κ3) is 7.95. The number of esters is 1. The summed E-state index contributed by atoms with van der Waals surface area (Å²) in [5.74, 6) is -0.188. The normalized spacial score (nSPS) is 12.5. The van der Waals surface area contributed by atoms with E-state index in [1.54, 1.807) is 11.3 Å². The van der Waals surface area contributed by atoms with Crippen LogP contribution in [-0.2, 0) is 9.53 Å². The van der Waals surface area contributed by atoms with Crippen LogP contribution in [0.15, 0.2) is 17.5 Å². The second-order valence-electron chi connectivity index (χ2n) is 5.80. The molecule has 0 saturated heterocycles. The third-order valence-electron chi connectivity index (χ3n) is 3.77. The van der Waals surface area contributed by atoms with Crippen LogP contribution in [0.25, 0.3) is 0 Å². The average molecular weight is 326 g/mol. The zero-order valence-electron chi connectivity index (χ0n) is 14.3. The molecule has 0 fully saturated rings. The van der Waals surface area contributed by atoms with E-state index in [1.807, 2.05) is 11.4 Å². The van der Waals surface area contributed by atoms with E-state index in [0.29, 0.717) is 0 Å². The second kappa shape index (κ2) is 11.7. The zero-order chi connectivity index (χ0) is 16.2. The molecule has 0 amide bonds. The van der Waals surface area contributed by atoms with E-state index < -0.39 is 0 Å². The Bertz CT molecular complexity index is 384. The standard InChI is InChI=1S/C18H31NO2S/c1-4-6-12-19(13-7-5-2)14-8-10-17(21-16(3)20)18-11-9-15-22-18/h9,11,15,17H,4-8,10,12-14H2,1-3H3. The molecule has 0 saturated carbocycles. The van der Waals surface area contributed by atoms with Crippen molar-refractivity contribution < 1.29 is 9.53 Å². The molecule has 0 aliphatic heterocycles. The molecular formula is C18H31NO2S. The molecule has 1 rings (SSSR count). The van der Waals surface area contributed by atoms with E-state index in [9.17, 15) is 4.79 Å². The van der Waals surface area contributed by atoms with Crippen LogP contribution in [0.2, 0.25) is 0 Å². The summed E-state index contributed by atoms with van der Waals surface area (Å²) in [5.41, 5.74) is 0. The number of hydrogen-bond acceptors (Lipinski definition) is 4. The Hall–Kier alpha value is -0.870. The van der Waals surface area contributed by atoms with Gasteiger partial charge in [-0.3, -0.25) is 4.79 Å². The maximum absolute atomic E-state index is 11.3. The van der Waals surface area contributed by atoms with E-state index in [-0.39, 0.29) is 12.1 Å². The molecule has 1 unspecified atom stereocenters. The number of carbonyl (C=O) groups is 1.